The van der Waals surface area contributed by atoms with E-state index in [2.05, 4.69) is 0 Å². The first kappa shape index (κ1) is 17.5. The average molecular weight is 356 g/mol. The first-order chi connectivity index (χ1) is 11.5. The SMILES string of the molecule is COc1ccc(Cl)cc1C(=O)N1CCC2(CC1)OCC[C@H](O)[C@@H]2O. The van der Waals surface area contributed by atoms with Crippen LogP contribution in [0.5, 0.6) is 5.75 Å². The molecule has 132 valence electrons. The molecular weight excluding hydrogens is 334 g/mol. The molecule has 2 aliphatic heterocycles. The number of halogens is 1. The smallest absolute Gasteiger partial charge is 0.257 e. The van der Waals surface area contributed by atoms with E-state index in [0.29, 0.717) is 55.3 Å². The highest BCUT2D eigenvalue weighted by atomic mass is 35.5. The van der Waals surface area contributed by atoms with Crippen LogP contribution >= 0.6 is 11.6 Å². The molecule has 0 unspecified atom stereocenters. The van der Waals surface area contributed by atoms with Gasteiger partial charge in [0.1, 0.15) is 11.9 Å². The summed E-state index contributed by atoms with van der Waals surface area (Å²) in [4.78, 5) is 14.5. The summed E-state index contributed by atoms with van der Waals surface area (Å²) in [6.07, 6.45) is -0.274. The van der Waals surface area contributed by atoms with Gasteiger partial charge in [0.15, 0.2) is 0 Å². The first-order valence-corrected chi connectivity index (χ1v) is 8.47. The molecule has 3 rings (SSSR count). The van der Waals surface area contributed by atoms with Crippen LogP contribution in [0.2, 0.25) is 5.02 Å². The predicted octanol–water partition coefficient (Wildman–Crippen LogP) is 1.47. The lowest BCUT2D eigenvalue weighted by Crippen LogP contribution is -2.60. The Labute approximate surface area is 145 Å². The summed E-state index contributed by atoms with van der Waals surface area (Å²) < 4.78 is 11.0. The number of rotatable bonds is 2. The molecule has 0 radical (unpaired) electrons. The van der Waals surface area contributed by atoms with Crippen LogP contribution in [0.1, 0.15) is 29.6 Å². The summed E-state index contributed by atoms with van der Waals surface area (Å²) in [6, 6.07) is 4.95. The van der Waals surface area contributed by atoms with Gasteiger partial charge in [-0.2, -0.15) is 0 Å². The number of nitrogens with zero attached hydrogens (tertiary/aromatic N) is 1. The summed E-state index contributed by atoms with van der Waals surface area (Å²) in [5, 5.41) is 20.7. The molecular formula is C17H22ClNO5. The molecule has 7 heteroatoms. The van der Waals surface area contributed by atoms with Gasteiger partial charge in [0.05, 0.1) is 31.0 Å². The summed E-state index contributed by atoms with van der Waals surface area (Å²) in [5.41, 5.74) is -0.335. The molecule has 0 bridgehead atoms. The fourth-order valence-electron chi connectivity index (χ4n) is 3.52. The Kier molecular flexibility index (Phi) is 5.01. The monoisotopic (exact) mass is 355 g/mol. The molecule has 2 atom stereocenters. The minimum atomic E-state index is -0.913. The quantitative estimate of drug-likeness (QED) is 0.839. The van der Waals surface area contributed by atoms with E-state index in [1.807, 2.05) is 0 Å². The van der Waals surface area contributed by atoms with Crippen molar-refractivity contribution >= 4 is 17.5 Å². The summed E-state index contributed by atoms with van der Waals surface area (Å²) in [7, 11) is 1.51. The second-order valence-corrected chi connectivity index (χ2v) is 6.79. The molecule has 2 N–H and O–H groups in total. The van der Waals surface area contributed by atoms with E-state index < -0.39 is 17.8 Å². The predicted molar refractivity (Wildman–Crippen MR) is 88.5 cm³/mol. The third kappa shape index (κ3) is 3.11. The standard InChI is InChI=1S/C17H22ClNO5/c1-23-14-3-2-11(18)10-12(14)16(22)19-7-5-17(6-8-19)15(21)13(20)4-9-24-17/h2-3,10,13,15,20-21H,4-9H2,1H3/t13-,15-/m0/s1. The summed E-state index contributed by atoms with van der Waals surface area (Å²) >= 11 is 6.00. The van der Waals surface area contributed by atoms with Gasteiger partial charge in [0.25, 0.3) is 5.91 Å². The fourth-order valence-corrected chi connectivity index (χ4v) is 3.69. The maximum atomic E-state index is 12.8. The Bertz CT molecular complexity index is 615. The maximum absolute atomic E-state index is 12.8. The zero-order chi connectivity index (χ0) is 17.3. The van der Waals surface area contributed by atoms with Gasteiger partial charge in [0, 0.05) is 18.1 Å². The van der Waals surface area contributed by atoms with Crippen molar-refractivity contribution in [2.75, 3.05) is 26.8 Å². The van der Waals surface area contributed by atoms with E-state index in [4.69, 9.17) is 21.1 Å². The highest BCUT2D eigenvalue weighted by Gasteiger charge is 2.48. The van der Waals surface area contributed by atoms with E-state index in [0.717, 1.165) is 0 Å². The molecule has 2 saturated heterocycles. The third-order valence-electron chi connectivity index (χ3n) is 5.00. The van der Waals surface area contributed by atoms with Crippen LogP contribution in [0.4, 0.5) is 0 Å². The lowest BCUT2D eigenvalue weighted by molar-refractivity contribution is -0.212. The van der Waals surface area contributed by atoms with Gasteiger partial charge in [-0.05, 0) is 37.5 Å². The van der Waals surface area contributed by atoms with Crippen LogP contribution in [0.3, 0.4) is 0 Å². The van der Waals surface area contributed by atoms with Crippen molar-refractivity contribution in [3.05, 3.63) is 28.8 Å². The number of likely N-dealkylation sites (tertiary alicyclic amines) is 1. The van der Waals surface area contributed by atoms with Gasteiger partial charge in [-0.1, -0.05) is 11.6 Å². The molecule has 6 nitrogen and oxygen atoms in total. The first-order valence-electron chi connectivity index (χ1n) is 8.10. The average Bonchev–Trinajstić information content (AvgIpc) is 2.60. The number of benzene rings is 1. The molecule has 2 heterocycles. The van der Waals surface area contributed by atoms with Crippen LogP contribution in [0.15, 0.2) is 18.2 Å². The molecule has 0 aliphatic carbocycles. The van der Waals surface area contributed by atoms with Crippen molar-refractivity contribution in [2.45, 2.75) is 37.1 Å². The number of piperidine rings is 1. The van der Waals surface area contributed by atoms with Gasteiger partial charge >= 0.3 is 0 Å². The zero-order valence-electron chi connectivity index (χ0n) is 13.6. The van der Waals surface area contributed by atoms with Gasteiger partial charge < -0.3 is 24.6 Å². The minimum Gasteiger partial charge on any atom is -0.496 e. The number of amides is 1. The van der Waals surface area contributed by atoms with Crippen molar-refractivity contribution in [1.82, 2.24) is 4.90 Å². The summed E-state index contributed by atoms with van der Waals surface area (Å²) in [5.74, 6) is 0.323. The second kappa shape index (κ2) is 6.88. The molecule has 2 aliphatic rings. The van der Waals surface area contributed by atoms with Crippen LogP contribution in [-0.2, 0) is 4.74 Å². The molecule has 1 spiro atoms. The second-order valence-electron chi connectivity index (χ2n) is 6.35. The highest BCUT2D eigenvalue weighted by Crippen LogP contribution is 2.36. The third-order valence-corrected chi connectivity index (χ3v) is 5.23. The Balaban J connectivity index is 1.73. The van der Waals surface area contributed by atoms with E-state index in [1.165, 1.54) is 7.11 Å². The van der Waals surface area contributed by atoms with Crippen molar-refractivity contribution in [3.8, 4) is 5.75 Å². The van der Waals surface area contributed by atoms with Crippen molar-refractivity contribution in [3.63, 3.8) is 0 Å². The van der Waals surface area contributed by atoms with Crippen LogP contribution in [-0.4, -0.2) is 65.6 Å². The van der Waals surface area contributed by atoms with E-state index in [-0.39, 0.29) is 5.91 Å². The lowest BCUT2D eigenvalue weighted by atomic mass is 9.80. The molecule has 24 heavy (non-hydrogen) atoms. The van der Waals surface area contributed by atoms with Crippen LogP contribution in [0, 0.1) is 0 Å². The zero-order valence-corrected chi connectivity index (χ0v) is 14.3. The van der Waals surface area contributed by atoms with Crippen molar-refractivity contribution in [2.24, 2.45) is 0 Å². The Hall–Kier alpha value is -1.34. The number of carbonyl (C=O) groups excluding carboxylic acids is 1. The van der Waals surface area contributed by atoms with E-state index in [9.17, 15) is 15.0 Å². The topological polar surface area (TPSA) is 79.2 Å². The Morgan fingerprint density at radius 2 is 2.08 bits per heavy atom. The molecule has 1 aromatic rings. The molecule has 1 aromatic carbocycles. The van der Waals surface area contributed by atoms with Crippen LogP contribution in [0.25, 0.3) is 0 Å². The Morgan fingerprint density at radius 1 is 1.38 bits per heavy atom. The molecule has 1 amide bonds. The Morgan fingerprint density at radius 3 is 2.75 bits per heavy atom. The van der Waals surface area contributed by atoms with Crippen LogP contribution < -0.4 is 4.74 Å². The van der Waals surface area contributed by atoms with Crippen molar-refractivity contribution < 1.29 is 24.5 Å². The maximum Gasteiger partial charge on any atom is 0.257 e. The number of aliphatic hydroxyl groups excluding tert-OH is 2. The number of hydrogen-bond donors (Lipinski definition) is 2. The molecule has 0 saturated carbocycles. The minimum absolute atomic E-state index is 0.157. The molecule has 2 fully saturated rings. The van der Waals surface area contributed by atoms with Crippen molar-refractivity contribution in [1.29, 1.82) is 0 Å². The number of hydrogen-bond acceptors (Lipinski definition) is 5. The number of carbonyl (C=O) groups is 1. The van der Waals surface area contributed by atoms with E-state index in [1.54, 1.807) is 23.1 Å². The number of ether oxygens (including phenoxy) is 2. The number of methoxy groups -OCH3 is 1. The van der Waals surface area contributed by atoms with Gasteiger partial charge in [-0.15, -0.1) is 0 Å². The lowest BCUT2D eigenvalue weighted by Gasteiger charge is -2.48. The molecule has 0 aromatic heterocycles. The normalized spacial score (nSPS) is 26.4. The summed E-state index contributed by atoms with van der Waals surface area (Å²) in [6.45, 7) is 1.31. The van der Waals surface area contributed by atoms with Gasteiger partial charge in [-0.3, -0.25) is 4.79 Å². The fraction of sp³-hybridized carbons (Fsp3) is 0.588. The van der Waals surface area contributed by atoms with E-state index >= 15 is 0 Å². The highest BCUT2D eigenvalue weighted by molar-refractivity contribution is 6.31. The van der Waals surface area contributed by atoms with Gasteiger partial charge in [0.2, 0.25) is 0 Å². The van der Waals surface area contributed by atoms with Gasteiger partial charge in [-0.25, -0.2) is 0 Å². The largest absolute Gasteiger partial charge is 0.496 e. The number of aliphatic hydroxyl groups is 2.